The van der Waals surface area contributed by atoms with Gasteiger partial charge in [-0.3, -0.25) is 19.7 Å². The molecule has 1 amide bonds. The Morgan fingerprint density at radius 3 is 2.56 bits per heavy atom. The number of nitro benzene ring substituents is 1. The summed E-state index contributed by atoms with van der Waals surface area (Å²) in [5.74, 6) is -1.12. The first-order valence-electron chi connectivity index (χ1n) is 3.99. The third kappa shape index (κ3) is 1.72. The van der Waals surface area contributed by atoms with E-state index < -0.39 is 22.1 Å². The van der Waals surface area contributed by atoms with Gasteiger partial charge in [0.1, 0.15) is 5.56 Å². The quantitative estimate of drug-likeness (QED) is 0.446. The van der Waals surface area contributed by atoms with Crippen LogP contribution in [0.1, 0.15) is 26.3 Å². The Morgan fingerprint density at radius 2 is 2.19 bits per heavy atom. The lowest BCUT2D eigenvalue weighted by Crippen LogP contribution is -2.17. The van der Waals surface area contributed by atoms with Gasteiger partial charge in [0.15, 0.2) is 6.29 Å². The monoisotopic (exact) mass is 219 g/mol. The van der Waals surface area contributed by atoms with E-state index >= 15 is 0 Å². The van der Waals surface area contributed by atoms with E-state index in [4.69, 9.17) is 11.0 Å². The number of nitrogens with two attached hydrogens (primary N) is 1. The van der Waals surface area contributed by atoms with Gasteiger partial charge < -0.3 is 5.73 Å². The van der Waals surface area contributed by atoms with E-state index in [0.717, 1.165) is 12.1 Å². The number of amides is 1. The first-order valence-corrected chi connectivity index (χ1v) is 3.99. The van der Waals surface area contributed by atoms with Crippen LogP contribution in [0.25, 0.3) is 0 Å². The second-order valence-corrected chi connectivity index (χ2v) is 2.77. The number of nitriles is 1. The van der Waals surface area contributed by atoms with Crippen LogP contribution < -0.4 is 5.73 Å². The fourth-order valence-electron chi connectivity index (χ4n) is 1.24. The number of aldehydes is 1. The first-order chi connectivity index (χ1) is 7.52. The highest BCUT2D eigenvalue weighted by atomic mass is 16.6. The zero-order valence-corrected chi connectivity index (χ0v) is 7.84. The van der Waals surface area contributed by atoms with Crippen molar-refractivity contribution in [1.29, 1.82) is 5.26 Å². The summed E-state index contributed by atoms with van der Waals surface area (Å²) in [6.45, 7) is 0. The Hall–Kier alpha value is -2.75. The van der Waals surface area contributed by atoms with Gasteiger partial charge in [0.2, 0.25) is 0 Å². The van der Waals surface area contributed by atoms with Crippen molar-refractivity contribution in [2.24, 2.45) is 5.73 Å². The van der Waals surface area contributed by atoms with Crippen molar-refractivity contribution in [3.05, 3.63) is 38.9 Å². The number of rotatable bonds is 3. The summed E-state index contributed by atoms with van der Waals surface area (Å²) in [6, 6.07) is 3.70. The van der Waals surface area contributed by atoms with Crippen LogP contribution >= 0.6 is 0 Å². The fourth-order valence-corrected chi connectivity index (χ4v) is 1.24. The summed E-state index contributed by atoms with van der Waals surface area (Å²) in [4.78, 5) is 31.5. The van der Waals surface area contributed by atoms with Gasteiger partial charge in [-0.1, -0.05) is 0 Å². The Morgan fingerprint density at radius 1 is 1.56 bits per heavy atom. The van der Waals surface area contributed by atoms with E-state index in [1.807, 2.05) is 0 Å². The Kier molecular flexibility index (Phi) is 2.96. The summed E-state index contributed by atoms with van der Waals surface area (Å²) < 4.78 is 0. The number of nitrogens with zero attached hydrogens (tertiary/aromatic N) is 2. The predicted octanol–water partition coefficient (Wildman–Crippen LogP) is 0.378. The number of hydrogen-bond donors (Lipinski definition) is 1. The molecule has 0 fully saturated rings. The van der Waals surface area contributed by atoms with E-state index in [1.165, 1.54) is 0 Å². The average Bonchev–Trinajstić information content (AvgIpc) is 2.26. The Balaban J connectivity index is 3.72. The summed E-state index contributed by atoms with van der Waals surface area (Å²) in [5, 5.41) is 19.2. The molecule has 1 aromatic rings. The van der Waals surface area contributed by atoms with E-state index in [2.05, 4.69) is 0 Å². The molecule has 7 heteroatoms. The number of nitro groups is 1. The molecule has 0 aliphatic carbocycles. The van der Waals surface area contributed by atoms with Gasteiger partial charge in [-0.05, 0) is 6.07 Å². The van der Waals surface area contributed by atoms with Gasteiger partial charge in [0, 0.05) is 6.07 Å². The van der Waals surface area contributed by atoms with Crippen molar-refractivity contribution in [3.63, 3.8) is 0 Å². The molecule has 80 valence electrons. The summed E-state index contributed by atoms with van der Waals surface area (Å²) in [5.41, 5.74) is 3.32. The summed E-state index contributed by atoms with van der Waals surface area (Å²) >= 11 is 0. The molecule has 0 saturated carbocycles. The lowest BCUT2D eigenvalue weighted by molar-refractivity contribution is -0.385. The lowest BCUT2D eigenvalue weighted by Gasteiger charge is -2.03. The molecule has 0 radical (unpaired) electrons. The molecule has 0 atom stereocenters. The van der Waals surface area contributed by atoms with Gasteiger partial charge in [-0.15, -0.1) is 0 Å². The van der Waals surface area contributed by atoms with Crippen molar-refractivity contribution in [2.45, 2.75) is 0 Å². The molecule has 0 aromatic heterocycles. The first kappa shape index (κ1) is 11.3. The van der Waals surface area contributed by atoms with Gasteiger partial charge in [-0.25, -0.2) is 0 Å². The lowest BCUT2D eigenvalue weighted by atomic mass is 10.0. The molecule has 2 N–H and O–H groups in total. The Labute approximate surface area is 89.2 Å². The molecule has 0 spiro atoms. The molecular formula is C9H5N3O4. The smallest absolute Gasteiger partial charge is 0.282 e. The number of carbonyl (C=O) groups is 2. The highest BCUT2D eigenvalue weighted by molar-refractivity contribution is 6.05. The van der Waals surface area contributed by atoms with E-state index in [1.54, 1.807) is 6.07 Å². The van der Waals surface area contributed by atoms with Gasteiger partial charge >= 0.3 is 0 Å². The molecule has 7 nitrogen and oxygen atoms in total. The highest BCUT2D eigenvalue weighted by Gasteiger charge is 2.24. The van der Waals surface area contributed by atoms with Crippen molar-refractivity contribution in [1.82, 2.24) is 0 Å². The van der Waals surface area contributed by atoms with E-state index in [9.17, 15) is 19.7 Å². The molecule has 0 saturated heterocycles. The number of carbonyl (C=O) groups excluding carboxylic acids is 2. The maximum atomic E-state index is 11.0. The van der Waals surface area contributed by atoms with Crippen LogP contribution in [0.3, 0.4) is 0 Å². The highest BCUT2D eigenvalue weighted by Crippen LogP contribution is 2.23. The standard InChI is InChI=1S/C9H5N3O4/c10-3-5-1-2-7(12(15)16)8(9(11)14)6(5)4-13/h1-2,4H,(H2,11,14). The second-order valence-electron chi connectivity index (χ2n) is 2.77. The number of benzene rings is 1. The molecule has 0 heterocycles. The zero-order valence-electron chi connectivity index (χ0n) is 7.84. The van der Waals surface area contributed by atoms with Crippen molar-refractivity contribution < 1.29 is 14.5 Å². The van der Waals surface area contributed by atoms with Crippen LogP contribution in [0.5, 0.6) is 0 Å². The second kappa shape index (κ2) is 4.18. The minimum absolute atomic E-state index is 0.130. The molecular weight excluding hydrogens is 214 g/mol. The van der Waals surface area contributed by atoms with Gasteiger partial charge in [0.05, 0.1) is 22.1 Å². The number of hydrogen-bond acceptors (Lipinski definition) is 5. The van der Waals surface area contributed by atoms with Gasteiger partial charge in [-0.2, -0.15) is 5.26 Å². The van der Waals surface area contributed by atoms with Crippen molar-refractivity contribution in [3.8, 4) is 6.07 Å². The fraction of sp³-hybridized carbons (Fsp3) is 0. The molecule has 0 aliphatic heterocycles. The molecule has 0 bridgehead atoms. The zero-order chi connectivity index (χ0) is 12.3. The van der Waals surface area contributed by atoms with Crippen LogP contribution in [0.4, 0.5) is 5.69 Å². The van der Waals surface area contributed by atoms with Crippen LogP contribution in [-0.4, -0.2) is 17.1 Å². The molecule has 1 aromatic carbocycles. The summed E-state index contributed by atoms with van der Waals surface area (Å²) in [7, 11) is 0. The molecule has 0 aliphatic rings. The molecule has 1 rings (SSSR count). The van der Waals surface area contributed by atoms with Crippen molar-refractivity contribution >= 4 is 17.9 Å². The van der Waals surface area contributed by atoms with E-state index in [-0.39, 0.29) is 17.4 Å². The van der Waals surface area contributed by atoms with Crippen molar-refractivity contribution in [2.75, 3.05) is 0 Å². The van der Waals surface area contributed by atoms with Crippen LogP contribution in [0.15, 0.2) is 12.1 Å². The maximum Gasteiger partial charge on any atom is 0.282 e. The molecule has 0 unspecified atom stereocenters. The largest absolute Gasteiger partial charge is 0.365 e. The minimum atomic E-state index is -1.12. The average molecular weight is 219 g/mol. The van der Waals surface area contributed by atoms with Crippen LogP contribution in [0.2, 0.25) is 0 Å². The third-order valence-corrected chi connectivity index (χ3v) is 1.90. The van der Waals surface area contributed by atoms with Crippen LogP contribution in [-0.2, 0) is 0 Å². The van der Waals surface area contributed by atoms with Crippen LogP contribution in [0, 0.1) is 21.4 Å². The summed E-state index contributed by atoms with van der Waals surface area (Å²) in [6.07, 6.45) is 0.200. The SMILES string of the molecule is N#Cc1ccc([N+](=O)[O-])c(C(N)=O)c1C=O. The topological polar surface area (TPSA) is 127 Å². The predicted molar refractivity (Wildman–Crippen MR) is 51.7 cm³/mol. The Bertz CT molecular complexity index is 530. The van der Waals surface area contributed by atoms with Gasteiger partial charge in [0.25, 0.3) is 11.6 Å². The maximum absolute atomic E-state index is 11.0. The normalized spacial score (nSPS) is 9.19. The minimum Gasteiger partial charge on any atom is -0.365 e. The number of primary amides is 1. The molecule has 16 heavy (non-hydrogen) atoms. The third-order valence-electron chi connectivity index (χ3n) is 1.90. The van der Waals surface area contributed by atoms with E-state index in [0.29, 0.717) is 0 Å².